The minimum absolute atomic E-state index is 0.0766. The number of hydrogen-bond donors (Lipinski definition) is 2. The highest BCUT2D eigenvalue weighted by atomic mass is 32.1. The second-order valence-electron chi connectivity index (χ2n) is 5.21. The van der Waals surface area contributed by atoms with Gasteiger partial charge in [-0.3, -0.25) is 4.79 Å². The van der Waals surface area contributed by atoms with E-state index in [0.717, 1.165) is 16.5 Å². The molecule has 0 spiro atoms. The van der Waals surface area contributed by atoms with E-state index >= 15 is 0 Å². The van der Waals surface area contributed by atoms with E-state index in [1.54, 1.807) is 41.9 Å². The third kappa shape index (κ3) is 2.41. The Morgan fingerprint density at radius 1 is 1.17 bits per heavy atom. The van der Waals surface area contributed by atoms with Gasteiger partial charge in [0.1, 0.15) is 11.4 Å². The van der Waals surface area contributed by atoms with E-state index in [-0.39, 0.29) is 11.5 Å². The standard InChI is InChI=1S/C18H12N2O2S/c21-14-3-1-2-11(6-14)17(22)16-9-20-18-15(16)7-13(8-19-18)12-4-5-23-10-12/h1-10,21H,(H,19,20). The number of phenolic OH excluding ortho intramolecular Hbond substituents is 1. The lowest BCUT2D eigenvalue weighted by Crippen LogP contribution is -2.00. The normalized spacial score (nSPS) is 11.0. The topological polar surface area (TPSA) is 66.0 Å². The number of nitrogens with zero attached hydrogens (tertiary/aromatic N) is 1. The number of nitrogens with one attached hydrogen (secondary N) is 1. The Balaban J connectivity index is 1.84. The van der Waals surface area contributed by atoms with Crippen molar-refractivity contribution >= 4 is 28.2 Å². The van der Waals surface area contributed by atoms with Crippen LogP contribution in [0, 0.1) is 0 Å². The third-order valence-electron chi connectivity index (χ3n) is 3.74. The number of aromatic amines is 1. The number of benzene rings is 1. The van der Waals surface area contributed by atoms with Crippen LogP contribution >= 0.6 is 11.3 Å². The van der Waals surface area contributed by atoms with Gasteiger partial charge in [-0.25, -0.2) is 4.98 Å². The van der Waals surface area contributed by atoms with E-state index in [0.29, 0.717) is 16.8 Å². The molecule has 0 radical (unpaired) electrons. The number of rotatable bonds is 3. The van der Waals surface area contributed by atoms with Crippen molar-refractivity contribution in [2.24, 2.45) is 0 Å². The molecule has 0 atom stereocenters. The number of H-pyrrole nitrogens is 1. The van der Waals surface area contributed by atoms with Crippen molar-refractivity contribution in [3.05, 3.63) is 70.7 Å². The first-order valence-electron chi connectivity index (χ1n) is 7.06. The number of aromatic nitrogens is 2. The number of carbonyl (C=O) groups is 1. The van der Waals surface area contributed by atoms with Crippen molar-refractivity contribution in [3.8, 4) is 16.9 Å². The summed E-state index contributed by atoms with van der Waals surface area (Å²) < 4.78 is 0. The lowest BCUT2D eigenvalue weighted by Gasteiger charge is -2.02. The van der Waals surface area contributed by atoms with Crippen molar-refractivity contribution < 1.29 is 9.90 Å². The quantitative estimate of drug-likeness (QED) is 0.555. The van der Waals surface area contributed by atoms with Crippen LogP contribution in [0.1, 0.15) is 15.9 Å². The summed E-state index contributed by atoms with van der Waals surface area (Å²) in [5, 5.41) is 14.4. The zero-order chi connectivity index (χ0) is 15.8. The molecule has 0 amide bonds. The highest BCUT2D eigenvalue weighted by Crippen LogP contribution is 2.27. The van der Waals surface area contributed by atoms with Crippen molar-refractivity contribution in [1.29, 1.82) is 0 Å². The lowest BCUT2D eigenvalue weighted by atomic mass is 10.0. The minimum atomic E-state index is -0.142. The fraction of sp³-hybridized carbons (Fsp3) is 0. The molecule has 112 valence electrons. The maximum Gasteiger partial charge on any atom is 0.195 e. The lowest BCUT2D eigenvalue weighted by molar-refractivity contribution is 0.104. The van der Waals surface area contributed by atoms with Crippen molar-refractivity contribution in [1.82, 2.24) is 9.97 Å². The molecule has 23 heavy (non-hydrogen) atoms. The van der Waals surface area contributed by atoms with Crippen LogP contribution in [0.3, 0.4) is 0 Å². The molecule has 0 aliphatic rings. The van der Waals surface area contributed by atoms with Gasteiger partial charge in [0.25, 0.3) is 0 Å². The molecule has 3 aromatic heterocycles. The molecular formula is C18H12N2O2S. The van der Waals surface area contributed by atoms with E-state index < -0.39 is 0 Å². The predicted molar refractivity (Wildman–Crippen MR) is 90.9 cm³/mol. The van der Waals surface area contributed by atoms with Crippen LogP contribution in [0.5, 0.6) is 5.75 Å². The first-order chi connectivity index (χ1) is 11.2. The van der Waals surface area contributed by atoms with Gasteiger partial charge in [0, 0.05) is 34.5 Å². The number of pyridine rings is 1. The second kappa shape index (κ2) is 5.37. The molecule has 0 aliphatic carbocycles. The third-order valence-corrected chi connectivity index (χ3v) is 4.42. The summed E-state index contributed by atoms with van der Waals surface area (Å²) in [5.41, 5.74) is 3.74. The van der Waals surface area contributed by atoms with E-state index in [1.807, 2.05) is 22.9 Å². The van der Waals surface area contributed by atoms with Gasteiger partial charge in [0.2, 0.25) is 0 Å². The number of phenols is 1. The first-order valence-corrected chi connectivity index (χ1v) is 8.00. The molecule has 3 heterocycles. The fourth-order valence-electron chi connectivity index (χ4n) is 2.58. The van der Waals surface area contributed by atoms with Gasteiger partial charge in [-0.15, -0.1) is 0 Å². The Bertz CT molecular complexity index is 1000. The van der Waals surface area contributed by atoms with Crippen LogP contribution in [0.2, 0.25) is 0 Å². The van der Waals surface area contributed by atoms with Crippen LogP contribution < -0.4 is 0 Å². The first kappa shape index (κ1) is 13.7. The average Bonchev–Trinajstić information content (AvgIpc) is 3.23. The molecule has 2 N–H and O–H groups in total. The number of hydrogen-bond acceptors (Lipinski definition) is 4. The minimum Gasteiger partial charge on any atom is -0.508 e. The molecule has 1 aromatic carbocycles. The largest absolute Gasteiger partial charge is 0.508 e. The van der Waals surface area contributed by atoms with E-state index in [9.17, 15) is 9.90 Å². The van der Waals surface area contributed by atoms with Crippen molar-refractivity contribution in [2.75, 3.05) is 0 Å². The Kier molecular flexibility index (Phi) is 3.20. The number of ketones is 1. The van der Waals surface area contributed by atoms with Crippen LogP contribution in [0.15, 0.2) is 59.6 Å². The summed E-state index contributed by atoms with van der Waals surface area (Å²) in [4.78, 5) is 20.1. The maximum absolute atomic E-state index is 12.7. The number of fused-ring (bicyclic) bond motifs is 1. The fourth-order valence-corrected chi connectivity index (χ4v) is 3.25. The van der Waals surface area contributed by atoms with Crippen molar-refractivity contribution in [2.45, 2.75) is 0 Å². The van der Waals surface area contributed by atoms with Crippen LogP contribution in [0.25, 0.3) is 22.2 Å². The molecule has 0 saturated carbocycles. The number of thiophene rings is 1. The van der Waals surface area contributed by atoms with E-state index in [4.69, 9.17) is 0 Å². The van der Waals surface area contributed by atoms with Crippen molar-refractivity contribution in [3.63, 3.8) is 0 Å². The molecule has 0 unspecified atom stereocenters. The highest BCUT2D eigenvalue weighted by molar-refractivity contribution is 7.08. The molecule has 0 saturated heterocycles. The molecule has 4 nitrogen and oxygen atoms in total. The van der Waals surface area contributed by atoms with Crippen LogP contribution in [-0.4, -0.2) is 20.9 Å². The monoisotopic (exact) mass is 320 g/mol. The van der Waals surface area contributed by atoms with Crippen LogP contribution in [0.4, 0.5) is 0 Å². The molecule has 0 bridgehead atoms. The van der Waals surface area contributed by atoms with Gasteiger partial charge in [-0.05, 0) is 40.6 Å². The summed E-state index contributed by atoms with van der Waals surface area (Å²) in [6.45, 7) is 0. The Morgan fingerprint density at radius 3 is 2.87 bits per heavy atom. The van der Waals surface area contributed by atoms with E-state index in [1.165, 1.54) is 6.07 Å². The predicted octanol–water partition coefficient (Wildman–Crippen LogP) is 4.23. The summed E-state index contributed by atoms with van der Waals surface area (Å²) >= 11 is 1.62. The second-order valence-corrected chi connectivity index (χ2v) is 5.99. The molecule has 0 fully saturated rings. The molecule has 5 heteroatoms. The Hall–Kier alpha value is -2.92. The number of aromatic hydroxyl groups is 1. The zero-order valence-corrected chi connectivity index (χ0v) is 12.8. The molecular weight excluding hydrogens is 308 g/mol. The van der Waals surface area contributed by atoms with Gasteiger partial charge < -0.3 is 10.1 Å². The van der Waals surface area contributed by atoms with E-state index in [2.05, 4.69) is 9.97 Å². The average molecular weight is 320 g/mol. The summed E-state index contributed by atoms with van der Waals surface area (Å²) in [5.74, 6) is -0.0656. The van der Waals surface area contributed by atoms with Gasteiger partial charge in [-0.1, -0.05) is 12.1 Å². The number of carbonyl (C=O) groups excluding carboxylic acids is 1. The smallest absolute Gasteiger partial charge is 0.195 e. The summed E-state index contributed by atoms with van der Waals surface area (Å²) in [6.07, 6.45) is 3.46. The van der Waals surface area contributed by atoms with Gasteiger partial charge in [0.15, 0.2) is 5.78 Å². The Morgan fingerprint density at radius 2 is 2.09 bits per heavy atom. The van der Waals surface area contributed by atoms with Gasteiger partial charge >= 0.3 is 0 Å². The molecule has 4 rings (SSSR count). The SMILES string of the molecule is O=C(c1cccc(O)c1)c1c[nH]c2ncc(-c3ccsc3)cc12. The maximum atomic E-state index is 12.7. The molecule has 4 aromatic rings. The van der Waals surface area contributed by atoms with Gasteiger partial charge in [0.05, 0.1) is 0 Å². The summed E-state index contributed by atoms with van der Waals surface area (Å²) in [7, 11) is 0. The molecule has 0 aliphatic heterocycles. The zero-order valence-electron chi connectivity index (χ0n) is 12.0. The van der Waals surface area contributed by atoms with Gasteiger partial charge in [-0.2, -0.15) is 11.3 Å². The summed E-state index contributed by atoms with van der Waals surface area (Å²) in [6, 6.07) is 10.4. The highest BCUT2D eigenvalue weighted by Gasteiger charge is 2.16. The Labute approximate surface area is 136 Å². The van der Waals surface area contributed by atoms with Crippen LogP contribution in [-0.2, 0) is 0 Å².